The van der Waals surface area contributed by atoms with E-state index < -0.39 is 5.41 Å². The number of benzene rings is 2. The molecule has 2 aromatic rings. The number of hydrogen-bond donors (Lipinski definition) is 1. The lowest BCUT2D eigenvalue weighted by molar-refractivity contribution is 0.727. The van der Waals surface area contributed by atoms with E-state index in [4.69, 9.17) is 5.73 Å². The number of nitrogens with two attached hydrogens (primary N) is 1. The molecule has 150 valence electrons. The van der Waals surface area contributed by atoms with Crippen molar-refractivity contribution >= 4 is 5.57 Å². The largest absolute Gasteiger partial charge is 0.399 e. The van der Waals surface area contributed by atoms with Gasteiger partial charge in [0.2, 0.25) is 0 Å². The molecule has 0 saturated carbocycles. The highest BCUT2D eigenvalue weighted by molar-refractivity contribution is 5.93. The summed E-state index contributed by atoms with van der Waals surface area (Å²) in [5.41, 5.74) is 16.5. The molecular weight excluding hydrogens is 362 g/mol. The van der Waals surface area contributed by atoms with Gasteiger partial charge in [0.25, 0.3) is 0 Å². The molecule has 2 aromatic carbocycles. The second-order valence-electron chi connectivity index (χ2n) is 8.15. The maximum absolute atomic E-state index is 6.29. The van der Waals surface area contributed by atoms with E-state index in [1.165, 1.54) is 33.4 Å². The normalized spacial score (nSPS) is 22.6. The number of fused-ring (bicyclic) bond motifs is 1. The van der Waals surface area contributed by atoms with Crippen molar-refractivity contribution in [3.63, 3.8) is 0 Å². The van der Waals surface area contributed by atoms with Crippen LogP contribution in [0, 0.1) is 6.92 Å². The molecule has 2 N–H and O–H groups in total. The summed E-state index contributed by atoms with van der Waals surface area (Å²) in [4.78, 5) is 0. The Morgan fingerprint density at radius 3 is 2.47 bits per heavy atom. The van der Waals surface area contributed by atoms with E-state index >= 15 is 0 Å². The molecule has 0 spiro atoms. The van der Waals surface area contributed by atoms with E-state index in [0.29, 0.717) is 0 Å². The number of hydrogen-bond acceptors (Lipinski definition) is 1. The lowest BCUT2D eigenvalue weighted by Gasteiger charge is -2.36. The van der Waals surface area contributed by atoms with E-state index in [-0.39, 0.29) is 0 Å². The van der Waals surface area contributed by atoms with Crippen LogP contribution >= 0.6 is 0 Å². The van der Waals surface area contributed by atoms with Crippen molar-refractivity contribution in [1.29, 1.82) is 0 Å². The molecular formula is C29H29N. The van der Waals surface area contributed by atoms with E-state index in [1.807, 2.05) is 0 Å². The highest BCUT2D eigenvalue weighted by Gasteiger charge is 2.48. The van der Waals surface area contributed by atoms with Gasteiger partial charge >= 0.3 is 0 Å². The van der Waals surface area contributed by atoms with Gasteiger partial charge in [0.05, 0.1) is 5.41 Å². The number of aryl methyl sites for hydroxylation is 1. The Morgan fingerprint density at radius 2 is 1.73 bits per heavy atom. The van der Waals surface area contributed by atoms with Crippen LogP contribution in [-0.2, 0) is 5.41 Å². The molecule has 1 unspecified atom stereocenters. The summed E-state index contributed by atoms with van der Waals surface area (Å²) in [5.74, 6) is 0. The lowest BCUT2D eigenvalue weighted by Crippen LogP contribution is -2.29. The minimum atomic E-state index is -0.390. The van der Waals surface area contributed by atoms with Gasteiger partial charge in [0, 0.05) is 5.70 Å². The van der Waals surface area contributed by atoms with Gasteiger partial charge in [-0.3, -0.25) is 0 Å². The molecule has 2 aliphatic carbocycles. The fraction of sp³-hybridized carbons (Fsp3) is 0.172. The van der Waals surface area contributed by atoms with E-state index in [9.17, 15) is 0 Å². The highest BCUT2D eigenvalue weighted by atomic mass is 14.6. The van der Waals surface area contributed by atoms with Gasteiger partial charge in [0.1, 0.15) is 0 Å². The summed E-state index contributed by atoms with van der Waals surface area (Å²) in [5, 5.41) is 0. The minimum Gasteiger partial charge on any atom is -0.399 e. The topological polar surface area (TPSA) is 26.0 Å². The van der Waals surface area contributed by atoms with Crippen LogP contribution in [-0.4, -0.2) is 0 Å². The van der Waals surface area contributed by atoms with E-state index in [2.05, 4.69) is 112 Å². The first kappa shape index (κ1) is 20.0. The summed E-state index contributed by atoms with van der Waals surface area (Å²) in [6.07, 6.45) is 13.8. The monoisotopic (exact) mass is 391 g/mol. The van der Waals surface area contributed by atoms with Gasteiger partial charge in [-0.2, -0.15) is 0 Å². The summed E-state index contributed by atoms with van der Waals surface area (Å²) in [7, 11) is 0. The van der Waals surface area contributed by atoms with Crippen molar-refractivity contribution in [3.8, 4) is 0 Å². The summed E-state index contributed by atoms with van der Waals surface area (Å²) >= 11 is 0. The van der Waals surface area contributed by atoms with Crippen LogP contribution in [0.25, 0.3) is 5.57 Å². The van der Waals surface area contributed by atoms with Gasteiger partial charge in [-0.15, -0.1) is 0 Å². The Labute approximate surface area is 180 Å². The standard InChI is InChI=1S/C29H29N/c1-5-6-10-26-22(4)25-9-7-8-11-27(25)29(26,23-15-12-20(2)13-16-23)24-17-14-21(3)28(30)19-18-24/h5-17,19H,4,18,30H2,1-3H3/b6-5-,26-10+. The average Bonchev–Trinajstić information content (AvgIpc) is 2.88. The Hall–Kier alpha value is -3.32. The van der Waals surface area contributed by atoms with Crippen molar-refractivity contribution in [2.75, 3.05) is 0 Å². The van der Waals surface area contributed by atoms with Crippen LogP contribution in [0.4, 0.5) is 0 Å². The highest BCUT2D eigenvalue weighted by Crippen LogP contribution is 2.57. The maximum Gasteiger partial charge on any atom is 0.0679 e. The van der Waals surface area contributed by atoms with E-state index in [0.717, 1.165) is 23.3 Å². The van der Waals surface area contributed by atoms with Gasteiger partial charge in [0.15, 0.2) is 0 Å². The Kier molecular flexibility index (Phi) is 5.22. The predicted molar refractivity (Wildman–Crippen MR) is 129 cm³/mol. The van der Waals surface area contributed by atoms with Gasteiger partial charge < -0.3 is 5.73 Å². The maximum atomic E-state index is 6.29. The van der Waals surface area contributed by atoms with Crippen LogP contribution in [0.3, 0.4) is 0 Å². The summed E-state index contributed by atoms with van der Waals surface area (Å²) in [6, 6.07) is 17.6. The third-order valence-corrected chi connectivity index (χ3v) is 6.34. The van der Waals surface area contributed by atoms with Crippen LogP contribution < -0.4 is 5.73 Å². The molecule has 0 saturated heterocycles. The van der Waals surface area contributed by atoms with E-state index in [1.54, 1.807) is 0 Å². The van der Waals surface area contributed by atoms with Crippen molar-refractivity contribution in [2.45, 2.75) is 32.6 Å². The zero-order valence-corrected chi connectivity index (χ0v) is 18.1. The van der Waals surface area contributed by atoms with Gasteiger partial charge in [-0.25, -0.2) is 0 Å². The second kappa shape index (κ2) is 7.84. The Bertz CT molecular complexity index is 1150. The fourth-order valence-corrected chi connectivity index (χ4v) is 4.70. The Morgan fingerprint density at radius 1 is 1.00 bits per heavy atom. The lowest BCUT2D eigenvalue weighted by atomic mass is 9.66. The smallest absolute Gasteiger partial charge is 0.0679 e. The zero-order chi connectivity index (χ0) is 21.3. The molecule has 0 amide bonds. The van der Waals surface area contributed by atoms with Crippen molar-refractivity contribution in [2.24, 2.45) is 5.73 Å². The second-order valence-corrected chi connectivity index (χ2v) is 8.15. The van der Waals surface area contributed by atoms with Crippen molar-refractivity contribution < 1.29 is 0 Å². The average molecular weight is 392 g/mol. The van der Waals surface area contributed by atoms with Crippen molar-refractivity contribution in [1.82, 2.24) is 0 Å². The first-order valence-electron chi connectivity index (χ1n) is 10.5. The third-order valence-electron chi connectivity index (χ3n) is 6.34. The van der Waals surface area contributed by atoms with Crippen molar-refractivity contribution in [3.05, 3.63) is 136 Å². The molecule has 0 bridgehead atoms. The molecule has 4 rings (SSSR count). The number of rotatable bonds is 3. The zero-order valence-electron chi connectivity index (χ0n) is 18.1. The molecule has 0 heterocycles. The molecule has 1 heteroatoms. The predicted octanol–water partition coefficient (Wildman–Crippen LogP) is 6.93. The SMILES string of the molecule is C=C1/C(=C\C=C/C)C(C2=CC=C(C)C(N)=CC2)(c2ccc(C)cc2)c2ccccc21. The summed E-state index contributed by atoms with van der Waals surface area (Å²) < 4.78 is 0. The summed E-state index contributed by atoms with van der Waals surface area (Å²) in [6.45, 7) is 10.8. The molecule has 0 radical (unpaired) electrons. The fourth-order valence-electron chi connectivity index (χ4n) is 4.70. The van der Waals surface area contributed by atoms with Gasteiger partial charge in [-0.1, -0.05) is 97.1 Å². The van der Waals surface area contributed by atoms with Gasteiger partial charge in [-0.05, 0) is 66.2 Å². The first-order chi connectivity index (χ1) is 14.5. The third kappa shape index (κ3) is 3.02. The first-order valence-corrected chi connectivity index (χ1v) is 10.5. The molecule has 0 aliphatic heterocycles. The molecule has 1 atom stereocenters. The Balaban J connectivity index is 2.12. The molecule has 30 heavy (non-hydrogen) atoms. The van der Waals surface area contributed by atoms with Crippen LogP contribution in [0.1, 0.15) is 42.5 Å². The molecule has 2 aliphatic rings. The number of allylic oxidation sites excluding steroid dienone is 10. The molecule has 1 nitrogen and oxygen atoms in total. The molecule has 0 aromatic heterocycles. The van der Waals surface area contributed by atoms with Crippen LogP contribution in [0.2, 0.25) is 0 Å². The van der Waals surface area contributed by atoms with Crippen LogP contribution in [0.5, 0.6) is 0 Å². The minimum absolute atomic E-state index is 0.390. The van der Waals surface area contributed by atoms with Crippen LogP contribution in [0.15, 0.2) is 114 Å². The quantitative estimate of drug-likeness (QED) is 0.603. The molecule has 0 fully saturated rings.